The zero-order valence-corrected chi connectivity index (χ0v) is 9.09. The number of amidine groups is 2. The quantitative estimate of drug-likeness (QED) is 0.757. The Kier molecular flexibility index (Phi) is 2.31. The van der Waals surface area contributed by atoms with Gasteiger partial charge in [-0.2, -0.15) is 0 Å². The van der Waals surface area contributed by atoms with E-state index < -0.39 is 0 Å². The Balaban J connectivity index is 2.62. The van der Waals surface area contributed by atoms with Crippen molar-refractivity contribution < 1.29 is 0 Å². The summed E-state index contributed by atoms with van der Waals surface area (Å²) in [6.07, 6.45) is 0.913. The maximum Gasteiger partial charge on any atom is 0.134 e. The molecule has 2 rings (SSSR count). The van der Waals surface area contributed by atoms with Crippen LogP contribution in [-0.2, 0) is 6.42 Å². The van der Waals surface area contributed by atoms with Crippen molar-refractivity contribution in [2.45, 2.75) is 20.3 Å². The van der Waals surface area contributed by atoms with Crippen molar-refractivity contribution >= 4 is 11.7 Å². The predicted octanol–water partition coefficient (Wildman–Crippen LogP) is 2.24. The van der Waals surface area contributed by atoms with Crippen molar-refractivity contribution in [1.29, 1.82) is 10.8 Å². The van der Waals surface area contributed by atoms with E-state index in [1.807, 2.05) is 25.1 Å². The lowest BCUT2D eigenvalue weighted by Crippen LogP contribution is -2.29. The van der Waals surface area contributed by atoms with Crippen LogP contribution in [0.3, 0.4) is 0 Å². The summed E-state index contributed by atoms with van der Waals surface area (Å²) in [4.78, 5) is 1.74. The number of benzene rings is 1. The van der Waals surface area contributed by atoms with Crippen LogP contribution in [0.2, 0.25) is 0 Å². The van der Waals surface area contributed by atoms with Crippen molar-refractivity contribution in [1.82, 2.24) is 4.90 Å². The first kappa shape index (κ1) is 9.90. The first-order valence-electron chi connectivity index (χ1n) is 5.28. The van der Waals surface area contributed by atoms with E-state index in [1.165, 1.54) is 5.56 Å². The molecule has 0 atom stereocenters. The molecule has 78 valence electrons. The molecule has 0 unspecified atom stereocenters. The molecule has 3 nitrogen and oxygen atoms in total. The van der Waals surface area contributed by atoms with Gasteiger partial charge in [-0.1, -0.05) is 25.1 Å². The van der Waals surface area contributed by atoms with Crippen LogP contribution in [0.1, 0.15) is 30.5 Å². The van der Waals surface area contributed by atoms with E-state index in [1.54, 1.807) is 4.90 Å². The summed E-state index contributed by atoms with van der Waals surface area (Å²) in [6, 6.07) is 5.94. The van der Waals surface area contributed by atoms with E-state index in [4.69, 9.17) is 10.8 Å². The zero-order valence-electron chi connectivity index (χ0n) is 9.09. The summed E-state index contributed by atoms with van der Waals surface area (Å²) in [6.45, 7) is 4.75. The molecule has 1 aromatic carbocycles. The molecule has 3 heteroatoms. The van der Waals surface area contributed by atoms with E-state index in [2.05, 4.69) is 6.92 Å². The highest BCUT2D eigenvalue weighted by Crippen LogP contribution is 2.25. The van der Waals surface area contributed by atoms with Gasteiger partial charge in [0.15, 0.2) is 0 Å². The largest absolute Gasteiger partial charge is 0.311 e. The van der Waals surface area contributed by atoms with Gasteiger partial charge in [-0.05, 0) is 18.9 Å². The molecule has 1 aliphatic heterocycles. The van der Waals surface area contributed by atoms with Gasteiger partial charge in [-0.15, -0.1) is 0 Å². The maximum absolute atomic E-state index is 8.05. The SMILES string of the molecule is CCc1cccc2c1C(=N)N(CC)C2=N. The highest BCUT2D eigenvalue weighted by molar-refractivity contribution is 6.23. The van der Waals surface area contributed by atoms with Gasteiger partial charge in [0, 0.05) is 17.7 Å². The van der Waals surface area contributed by atoms with Gasteiger partial charge < -0.3 is 4.90 Å². The predicted molar refractivity (Wildman–Crippen MR) is 61.9 cm³/mol. The Labute approximate surface area is 89.7 Å². The van der Waals surface area contributed by atoms with Crippen LogP contribution in [0.15, 0.2) is 18.2 Å². The van der Waals surface area contributed by atoms with Crippen molar-refractivity contribution in [3.8, 4) is 0 Å². The second-order valence-electron chi connectivity index (χ2n) is 3.63. The molecule has 0 fully saturated rings. The molecule has 0 aliphatic carbocycles. The molecule has 0 saturated heterocycles. The van der Waals surface area contributed by atoms with Gasteiger partial charge in [0.25, 0.3) is 0 Å². The third-order valence-corrected chi connectivity index (χ3v) is 2.88. The average molecular weight is 201 g/mol. The van der Waals surface area contributed by atoms with Gasteiger partial charge in [-0.3, -0.25) is 10.8 Å². The molecule has 1 aliphatic rings. The van der Waals surface area contributed by atoms with Crippen LogP contribution in [0.4, 0.5) is 0 Å². The maximum atomic E-state index is 8.05. The third-order valence-electron chi connectivity index (χ3n) is 2.88. The molecule has 15 heavy (non-hydrogen) atoms. The topological polar surface area (TPSA) is 50.9 Å². The molecular weight excluding hydrogens is 186 g/mol. The lowest BCUT2D eigenvalue weighted by Gasteiger charge is -2.14. The fraction of sp³-hybridized carbons (Fsp3) is 0.333. The lowest BCUT2D eigenvalue weighted by molar-refractivity contribution is 0.648. The van der Waals surface area contributed by atoms with Crippen LogP contribution in [0, 0.1) is 10.8 Å². The number of hydrogen-bond acceptors (Lipinski definition) is 2. The molecule has 0 saturated carbocycles. The van der Waals surface area contributed by atoms with Crippen LogP contribution >= 0.6 is 0 Å². The fourth-order valence-corrected chi connectivity index (χ4v) is 2.08. The molecule has 0 spiro atoms. The molecular formula is C12H15N3. The minimum absolute atomic E-state index is 0.466. The number of aryl methyl sites for hydroxylation is 1. The second-order valence-corrected chi connectivity index (χ2v) is 3.63. The van der Waals surface area contributed by atoms with Crippen molar-refractivity contribution in [3.05, 3.63) is 34.9 Å². The highest BCUT2D eigenvalue weighted by atomic mass is 15.2. The number of hydrogen-bond donors (Lipinski definition) is 2. The van der Waals surface area contributed by atoms with Gasteiger partial charge in [0.1, 0.15) is 11.7 Å². The normalized spacial score (nSPS) is 14.7. The van der Waals surface area contributed by atoms with Crippen LogP contribution < -0.4 is 0 Å². The highest BCUT2D eigenvalue weighted by Gasteiger charge is 2.29. The summed E-state index contributed by atoms with van der Waals surface area (Å²) < 4.78 is 0. The van der Waals surface area contributed by atoms with Gasteiger partial charge in [0.05, 0.1) is 0 Å². The summed E-state index contributed by atoms with van der Waals surface area (Å²) >= 11 is 0. The van der Waals surface area contributed by atoms with Gasteiger partial charge in [0.2, 0.25) is 0 Å². The van der Waals surface area contributed by atoms with E-state index in [9.17, 15) is 0 Å². The number of nitrogens with zero attached hydrogens (tertiary/aromatic N) is 1. The van der Waals surface area contributed by atoms with Crippen molar-refractivity contribution in [3.63, 3.8) is 0 Å². The summed E-state index contributed by atoms with van der Waals surface area (Å²) in [5.41, 5.74) is 3.02. The number of fused-ring (bicyclic) bond motifs is 1. The van der Waals surface area contributed by atoms with E-state index in [0.717, 1.165) is 17.5 Å². The Morgan fingerprint density at radius 1 is 1.13 bits per heavy atom. The number of nitrogens with one attached hydrogen (secondary N) is 2. The molecule has 0 bridgehead atoms. The molecule has 1 aromatic rings. The van der Waals surface area contributed by atoms with Gasteiger partial charge >= 0.3 is 0 Å². The summed E-state index contributed by atoms with van der Waals surface area (Å²) in [5, 5.41) is 16.0. The smallest absolute Gasteiger partial charge is 0.134 e. The molecule has 0 amide bonds. The zero-order chi connectivity index (χ0) is 11.0. The summed E-state index contributed by atoms with van der Waals surface area (Å²) in [7, 11) is 0. The Morgan fingerprint density at radius 3 is 2.47 bits per heavy atom. The average Bonchev–Trinajstić information content (AvgIpc) is 2.51. The van der Waals surface area contributed by atoms with E-state index in [0.29, 0.717) is 18.2 Å². The van der Waals surface area contributed by atoms with E-state index >= 15 is 0 Å². The molecule has 0 aromatic heterocycles. The van der Waals surface area contributed by atoms with Crippen LogP contribution in [0.25, 0.3) is 0 Å². The second kappa shape index (κ2) is 3.50. The lowest BCUT2D eigenvalue weighted by atomic mass is 10.0. The Hall–Kier alpha value is -1.64. The Morgan fingerprint density at radius 2 is 1.87 bits per heavy atom. The minimum Gasteiger partial charge on any atom is -0.311 e. The molecule has 2 N–H and O–H groups in total. The summed E-state index contributed by atoms with van der Waals surface area (Å²) in [5.74, 6) is 0.947. The number of rotatable bonds is 2. The Bertz CT molecular complexity index is 434. The van der Waals surface area contributed by atoms with Crippen molar-refractivity contribution in [2.24, 2.45) is 0 Å². The van der Waals surface area contributed by atoms with Crippen LogP contribution in [-0.4, -0.2) is 23.1 Å². The third kappa shape index (κ3) is 1.27. The first-order valence-corrected chi connectivity index (χ1v) is 5.28. The molecule has 0 radical (unpaired) electrons. The fourth-order valence-electron chi connectivity index (χ4n) is 2.08. The van der Waals surface area contributed by atoms with E-state index in [-0.39, 0.29) is 0 Å². The monoisotopic (exact) mass is 201 g/mol. The standard InChI is InChI=1S/C12H15N3/c1-3-8-6-5-7-9-10(8)12(14)15(4-2)11(9)13/h5-7,13-14H,3-4H2,1-2H3. The van der Waals surface area contributed by atoms with Gasteiger partial charge in [-0.25, -0.2) is 0 Å². The molecule has 1 heterocycles. The van der Waals surface area contributed by atoms with Crippen molar-refractivity contribution in [2.75, 3.05) is 6.54 Å². The minimum atomic E-state index is 0.466. The first-order chi connectivity index (χ1) is 7.20. The van der Waals surface area contributed by atoms with Crippen LogP contribution in [0.5, 0.6) is 0 Å².